The first-order valence-corrected chi connectivity index (χ1v) is 12.7. The summed E-state index contributed by atoms with van der Waals surface area (Å²) in [6.07, 6.45) is 3.04. The maximum absolute atomic E-state index is 13.5. The number of hydrogen-bond acceptors (Lipinski definition) is 11. The Hall–Kier alpha value is -3.32. The fourth-order valence-corrected chi connectivity index (χ4v) is 5.42. The fraction of sp³-hybridized carbons (Fsp3) is 0.500. The molecule has 0 radical (unpaired) electrons. The number of ether oxygens (including phenoxy) is 4. The minimum Gasteiger partial charge on any atom is -0.494 e. The Labute approximate surface area is 203 Å². The van der Waals surface area contributed by atoms with E-state index in [1.807, 2.05) is 0 Å². The number of methoxy groups -OCH3 is 3. The van der Waals surface area contributed by atoms with Gasteiger partial charge in [0, 0.05) is 19.1 Å². The number of aromatic nitrogens is 6. The van der Waals surface area contributed by atoms with Crippen molar-refractivity contribution in [3.05, 3.63) is 36.2 Å². The van der Waals surface area contributed by atoms with E-state index in [1.165, 1.54) is 26.6 Å². The van der Waals surface area contributed by atoms with Crippen molar-refractivity contribution in [1.29, 1.82) is 0 Å². The summed E-state index contributed by atoms with van der Waals surface area (Å²) in [6, 6.07) is 3.07. The van der Waals surface area contributed by atoms with Gasteiger partial charge in [-0.25, -0.2) is 23.4 Å². The van der Waals surface area contributed by atoms with Gasteiger partial charge in [-0.2, -0.15) is 0 Å². The lowest BCUT2D eigenvalue weighted by atomic mass is 10.1. The Morgan fingerprint density at radius 1 is 1.11 bits per heavy atom. The molecule has 0 bridgehead atoms. The predicted molar refractivity (Wildman–Crippen MR) is 125 cm³/mol. The van der Waals surface area contributed by atoms with Crippen molar-refractivity contribution >= 4 is 9.84 Å². The lowest BCUT2D eigenvalue weighted by Gasteiger charge is -2.21. The Morgan fingerprint density at radius 2 is 1.86 bits per heavy atom. The molecule has 13 heteroatoms. The van der Waals surface area contributed by atoms with Gasteiger partial charge in [0.2, 0.25) is 5.88 Å². The van der Waals surface area contributed by atoms with Crippen LogP contribution in [0.15, 0.2) is 24.5 Å². The Bertz CT molecular complexity index is 1280. The van der Waals surface area contributed by atoms with Crippen molar-refractivity contribution < 1.29 is 27.4 Å². The van der Waals surface area contributed by atoms with Crippen LogP contribution >= 0.6 is 0 Å². The zero-order valence-corrected chi connectivity index (χ0v) is 21.0. The minimum atomic E-state index is -3.68. The summed E-state index contributed by atoms with van der Waals surface area (Å²) in [7, 11) is 0.914. The lowest BCUT2D eigenvalue weighted by Crippen LogP contribution is -2.29. The SMILES string of the molecule is COC[C@@H]1COc2ccc(OC)nc2-c2nnc(CS(=O)(=O)[C@@H](C)[C@H](C)c3ncc(OC)cn3)n21. The van der Waals surface area contributed by atoms with Crippen molar-refractivity contribution in [3.63, 3.8) is 0 Å². The number of rotatable bonds is 9. The van der Waals surface area contributed by atoms with Crippen LogP contribution in [0.2, 0.25) is 0 Å². The second-order valence-corrected chi connectivity index (χ2v) is 10.6. The third-order valence-corrected chi connectivity index (χ3v) is 8.27. The summed E-state index contributed by atoms with van der Waals surface area (Å²) in [5, 5.41) is 7.75. The molecule has 12 nitrogen and oxygen atoms in total. The summed E-state index contributed by atoms with van der Waals surface area (Å²) >= 11 is 0. The molecule has 0 N–H and O–H groups in total. The van der Waals surface area contributed by atoms with E-state index in [-0.39, 0.29) is 30.8 Å². The van der Waals surface area contributed by atoms with Crippen molar-refractivity contribution in [1.82, 2.24) is 29.7 Å². The van der Waals surface area contributed by atoms with E-state index in [0.717, 1.165) is 0 Å². The Balaban J connectivity index is 1.68. The van der Waals surface area contributed by atoms with Crippen LogP contribution in [0.1, 0.15) is 37.5 Å². The third kappa shape index (κ3) is 4.91. The van der Waals surface area contributed by atoms with Crippen molar-refractivity contribution in [2.45, 2.75) is 36.8 Å². The van der Waals surface area contributed by atoms with Gasteiger partial charge in [-0.1, -0.05) is 6.92 Å². The number of nitrogens with zero attached hydrogens (tertiary/aromatic N) is 6. The molecule has 4 rings (SSSR count). The van der Waals surface area contributed by atoms with Gasteiger partial charge in [0.1, 0.15) is 29.8 Å². The minimum absolute atomic E-state index is 0.235. The third-order valence-electron chi connectivity index (χ3n) is 6.07. The molecule has 0 fully saturated rings. The maximum atomic E-state index is 13.5. The molecule has 0 saturated heterocycles. The highest BCUT2D eigenvalue weighted by atomic mass is 32.2. The molecule has 1 aliphatic rings. The molecule has 0 amide bonds. The van der Waals surface area contributed by atoms with Gasteiger partial charge < -0.3 is 18.9 Å². The normalized spacial score (nSPS) is 16.9. The van der Waals surface area contributed by atoms with Crippen LogP contribution < -0.4 is 14.2 Å². The van der Waals surface area contributed by atoms with E-state index in [2.05, 4.69) is 25.1 Å². The van der Waals surface area contributed by atoms with Crippen LogP contribution in [0.25, 0.3) is 11.5 Å². The average molecular weight is 505 g/mol. The maximum Gasteiger partial charge on any atom is 0.213 e. The van der Waals surface area contributed by atoms with Crippen molar-refractivity contribution in [2.75, 3.05) is 34.5 Å². The highest BCUT2D eigenvalue weighted by Gasteiger charge is 2.35. The summed E-state index contributed by atoms with van der Waals surface area (Å²) in [4.78, 5) is 13.0. The predicted octanol–water partition coefficient (Wildman–Crippen LogP) is 1.83. The first-order valence-electron chi connectivity index (χ1n) is 11.0. The summed E-state index contributed by atoms with van der Waals surface area (Å²) in [6.45, 7) is 3.93. The van der Waals surface area contributed by atoms with E-state index in [4.69, 9.17) is 18.9 Å². The van der Waals surface area contributed by atoms with E-state index in [1.54, 1.807) is 37.7 Å². The standard InChI is InChI=1S/C22H28N6O6S/c1-13(21-23-8-16(32-4)9-24-21)14(2)35(29,30)12-18-26-27-22-20-17(6-7-19(25-20)33-5)34-11-15(10-31-3)28(18)22/h6-9,13-15H,10-12H2,1-5H3/t13-,14-,15+/m0/s1. The van der Waals surface area contributed by atoms with Gasteiger partial charge in [0.25, 0.3) is 0 Å². The molecule has 3 aromatic heterocycles. The number of pyridine rings is 1. The average Bonchev–Trinajstić information content (AvgIpc) is 3.20. The van der Waals surface area contributed by atoms with Gasteiger partial charge in [-0.05, 0) is 13.0 Å². The van der Waals surface area contributed by atoms with E-state index in [0.29, 0.717) is 34.7 Å². The zero-order chi connectivity index (χ0) is 25.2. The summed E-state index contributed by atoms with van der Waals surface area (Å²) in [5.74, 6) is 1.68. The molecule has 0 aliphatic carbocycles. The molecule has 0 aromatic carbocycles. The molecule has 188 valence electrons. The van der Waals surface area contributed by atoms with Crippen LogP contribution in [0.3, 0.4) is 0 Å². The molecular weight excluding hydrogens is 476 g/mol. The van der Waals surface area contributed by atoms with Gasteiger partial charge in [-0.15, -0.1) is 10.2 Å². The highest BCUT2D eigenvalue weighted by molar-refractivity contribution is 7.91. The fourth-order valence-electron chi connectivity index (χ4n) is 3.86. The number of hydrogen-bond donors (Lipinski definition) is 0. The Morgan fingerprint density at radius 3 is 2.51 bits per heavy atom. The molecule has 0 saturated carbocycles. The number of sulfone groups is 1. The lowest BCUT2D eigenvalue weighted by molar-refractivity contribution is 0.124. The van der Waals surface area contributed by atoms with E-state index >= 15 is 0 Å². The summed E-state index contributed by atoms with van der Waals surface area (Å²) < 4.78 is 50.3. The van der Waals surface area contributed by atoms with Crippen molar-refractivity contribution in [2.24, 2.45) is 0 Å². The molecular formula is C22H28N6O6S. The first kappa shape index (κ1) is 24.8. The summed E-state index contributed by atoms with van der Waals surface area (Å²) in [5.41, 5.74) is 0.423. The topological polar surface area (TPSA) is 140 Å². The van der Waals surface area contributed by atoms with Gasteiger partial charge in [-0.3, -0.25) is 4.57 Å². The molecule has 0 unspecified atom stereocenters. The molecule has 35 heavy (non-hydrogen) atoms. The smallest absolute Gasteiger partial charge is 0.213 e. The quantitative estimate of drug-likeness (QED) is 0.421. The van der Waals surface area contributed by atoms with Gasteiger partial charge in [0.15, 0.2) is 27.1 Å². The van der Waals surface area contributed by atoms with Crippen LogP contribution in [-0.2, 0) is 20.3 Å². The van der Waals surface area contributed by atoms with Gasteiger partial charge in [0.05, 0.1) is 44.5 Å². The molecule has 3 atom stereocenters. The largest absolute Gasteiger partial charge is 0.494 e. The monoisotopic (exact) mass is 504 g/mol. The van der Waals surface area contributed by atoms with Gasteiger partial charge >= 0.3 is 0 Å². The molecule has 3 aromatic rings. The van der Waals surface area contributed by atoms with Crippen LogP contribution in [0.5, 0.6) is 17.4 Å². The van der Waals surface area contributed by atoms with Crippen LogP contribution in [0.4, 0.5) is 0 Å². The number of fused-ring (bicyclic) bond motifs is 3. The van der Waals surface area contributed by atoms with Crippen molar-refractivity contribution in [3.8, 4) is 28.9 Å². The Kier molecular flexibility index (Phi) is 7.17. The second kappa shape index (κ2) is 10.1. The first-order chi connectivity index (χ1) is 16.8. The van der Waals surface area contributed by atoms with Crippen LogP contribution in [0, 0.1) is 0 Å². The second-order valence-electron chi connectivity index (χ2n) is 8.21. The molecule has 4 heterocycles. The highest BCUT2D eigenvalue weighted by Crippen LogP contribution is 2.35. The molecule has 0 spiro atoms. The van der Waals surface area contributed by atoms with E-state index < -0.39 is 21.0 Å². The van der Waals surface area contributed by atoms with Crippen LogP contribution in [-0.4, -0.2) is 77.9 Å². The molecule has 1 aliphatic heterocycles. The zero-order valence-electron chi connectivity index (χ0n) is 20.2. The van der Waals surface area contributed by atoms with E-state index in [9.17, 15) is 8.42 Å².